The highest BCUT2D eigenvalue weighted by Gasteiger charge is 2.00. The molecule has 60 valence electrons. The van der Waals surface area contributed by atoms with E-state index in [1.54, 1.807) is 12.1 Å². The molecule has 0 aromatic carbocycles. The number of aryl methyl sites for hydroxylation is 1. The zero-order chi connectivity index (χ0) is 8.27. The summed E-state index contributed by atoms with van der Waals surface area (Å²) in [4.78, 5) is 4.07. The molecule has 3 heteroatoms. The summed E-state index contributed by atoms with van der Waals surface area (Å²) in [5.41, 5.74) is 1.73. The van der Waals surface area contributed by atoms with Crippen molar-refractivity contribution < 1.29 is 5.11 Å². The van der Waals surface area contributed by atoms with Crippen molar-refractivity contribution in [2.45, 2.75) is 20.0 Å². The summed E-state index contributed by atoms with van der Waals surface area (Å²) >= 11 is 5.66. The molecule has 0 atom stereocenters. The minimum Gasteiger partial charge on any atom is -0.392 e. The first-order valence-electron chi connectivity index (χ1n) is 3.53. The van der Waals surface area contributed by atoms with Gasteiger partial charge in [0.2, 0.25) is 0 Å². The number of aromatic nitrogens is 1. The van der Waals surface area contributed by atoms with Crippen LogP contribution in [0.1, 0.15) is 18.2 Å². The average molecular weight is 172 g/mol. The van der Waals surface area contributed by atoms with Crippen molar-refractivity contribution in [1.82, 2.24) is 4.98 Å². The molecule has 0 unspecified atom stereocenters. The van der Waals surface area contributed by atoms with Crippen molar-refractivity contribution in [3.63, 3.8) is 0 Å². The highest BCUT2D eigenvalue weighted by molar-refractivity contribution is 6.29. The lowest BCUT2D eigenvalue weighted by Gasteiger charge is -2.02. The van der Waals surface area contributed by atoms with Gasteiger partial charge in [0, 0.05) is 5.69 Å². The molecule has 0 spiro atoms. The molecule has 0 aliphatic carbocycles. The number of hydrogen-bond acceptors (Lipinski definition) is 2. The first-order valence-corrected chi connectivity index (χ1v) is 3.91. The Balaban J connectivity index is 3.06. The minimum absolute atomic E-state index is 0.0351. The van der Waals surface area contributed by atoms with Crippen LogP contribution in [0.15, 0.2) is 12.1 Å². The molecule has 0 bridgehead atoms. The Morgan fingerprint density at radius 2 is 2.27 bits per heavy atom. The summed E-state index contributed by atoms with van der Waals surface area (Å²) in [6.45, 7) is 2.02. The number of rotatable bonds is 2. The van der Waals surface area contributed by atoms with Gasteiger partial charge in [-0.3, -0.25) is 0 Å². The second-order valence-electron chi connectivity index (χ2n) is 2.25. The Hall–Kier alpha value is -0.600. The predicted molar refractivity (Wildman–Crippen MR) is 44.5 cm³/mol. The van der Waals surface area contributed by atoms with Gasteiger partial charge in [0.05, 0.1) is 6.61 Å². The van der Waals surface area contributed by atoms with Crippen LogP contribution in [-0.4, -0.2) is 10.1 Å². The van der Waals surface area contributed by atoms with Crippen LogP contribution in [0.2, 0.25) is 5.15 Å². The molecule has 0 saturated carbocycles. The van der Waals surface area contributed by atoms with Crippen molar-refractivity contribution in [3.05, 3.63) is 28.5 Å². The van der Waals surface area contributed by atoms with Gasteiger partial charge in [-0.25, -0.2) is 4.98 Å². The summed E-state index contributed by atoms with van der Waals surface area (Å²) in [6.07, 6.45) is 0.802. The fourth-order valence-corrected chi connectivity index (χ4v) is 1.12. The zero-order valence-corrected chi connectivity index (χ0v) is 7.10. The topological polar surface area (TPSA) is 33.1 Å². The Morgan fingerprint density at radius 3 is 2.82 bits per heavy atom. The van der Waals surface area contributed by atoms with Gasteiger partial charge in [-0.1, -0.05) is 24.6 Å². The fourth-order valence-electron chi connectivity index (χ4n) is 0.954. The lowest BCUT2D eigenvalue weighted by Crippen LogP contribution is -1.95. The molecule has 0 fully saturated rings. The summed E-state index contributed by atoms with van der Waals surface area (Å²) in [7, 11) is 0. The van der Waals surface area contributed by atoms with E-state index in [1.165, 1.54) is 0 Å². The number of hydrogen-bond donors (Lipinski definition) is 1. The summed E-state index contributed by atoms with van der Waals surface area (Å²) < 4.78 is 0. The van der Waals surface area contributed by atoms with Gasteiger partial charge in [-0.2, -0.15) is 0 Å². The number of aliphatic hydroxyl groups excluding tert-OH is 1. The molecule has 1 aromatic rings. The average Bonchev–Trinajstić information content (AvgIpc) is 2.04. The van der Waals surface area contributed by atoms with E-state index in [0.717, 1.165) is 17.7 Å². The lowest BCUT2D eigenvalue weighted by atomic mass is 10.2. The molecule has 11 heavy (non-hydrogen) atoms. The third-order valence-electron chi connectivity index (χ3n) is 1.54. The standard InChI is InChI=1S/C8H10ClNO/c1-2-7-6(5-11)3-4-8(9)10-7/h3-4,11H,2,5H2,1H3. The van der Waals surface area contributed by atoms with Crippen LogP contribution in [-0.2, 0) is 13.0 Å². The second-order valence-corrected chi connectivity index (χ2v) is 2.64. The van der Waals surface area contributed by atoms with Crippen molar-refractivity contribution in [1.29, 1.82) is 0 Å². The second kappa shape index (κ2) is 3.69. The van der Waals surface area contributed by atoms with Crippen LogP contribution < -0.4 is 0 Å². The molecule has 1 aromatic heterocycles. The van der Waals surface area contributed by atoms with Crippen LogP contribution in [0.5, 0.6) is 0 Å². The summed E-state index contributed by atoms with van der Waals surface area (Å²) in [6, 6.07) is 3.49. The zero-order valence-electron chi connectivity index (χ0n) is 6.34. The minimum atomic E-state index is 0.0351. The van der Waals surface area contributed by atoms with E-state index in [9.17, 15) is 0 Å². The molecule has 0 aliphatic heterocycles. The van der Waals surface area contributed by atoms with Gasteiger partial charge in [-0.15, -0.1) is 0 Å². The molecule has 1 rings (SSSR count). The number of aliphatic hydroxyl groups is 1. The van der Waals surface area contributed by atoms with Gasteiger partial charge in [0.15, 0.2) is 0 Å². The highest BCUT2D eigenvalue weighted by atomic mass is 35.5. The van der Waals surface area contributed by atoms with Crippen molar-refractivity contribution in [2.75, 3.05) is 0 Å². The van der Waals surface area contributed by atoms with E-state index in [2.05, 4.69) is 4.98 Å². The van der Waals surface area contributed by atoms with E-state index >= 15 is 0 Å². The monoisotopic (exact) mass is 171 g/mol. The molecule has 1 N–H and O–H groups in total. The van der Waals surface area contributed by atoms with Crippen LogP contribution in [0.3, 0.4) is 0 Å². The van der Waals surface area contributed by atoms with E-state index in [0.29, 0.717) is 5.15 Å². The SMILES string of the molecule is CCc1nc(Cl)ccc1CO. The lowest BCUT2D eigenvalue weighted by molar-refractivity contribution is 0.280. The van der Waals surface area contributed by atoms with Crippen molar-refractivity contribution in [2.24, 2.45) is 0 Å². The smallest absolute Gasteiger partial charge is 0.129 e. The van der Waals surface area contributed by atoms with Crippen molar-refractivity contribution >= 4 is 11.6 Å². The van der Waals surface area contributed by atoms with Crippen molar-refractivity contribution in [3.8, 4) is 0 Å². The Bertz CT molecular complexity index is 250. The molecule has 0 radical (unpaired) electrons. The molecule has 0 amide bonds. The quantitative estimate of drug-likeness (QED) is 0.689. The van der Waals surface area contributed by atoms with Gasteiger partial charge in [-0.05, 0) is 18.1 Å². The Labute approximate surface area is 70.8 Å². The number of pyridine rings is 1. The van der Waals surface area contributed by atoms with Gasteiger partial charge in [0.1, 0.15) is 5.15 Å². The first-order chi connectivity index (χ1) is 5.27. The molecule has 2 nitrogen and oxygen atoms in total. The van der Waals surface area contributed by atoms with Crippen LogP contribution in [0, 0.1) is 0 Å². The van der Waals surface area contributed by atoms with E-state index in [4.69, 9.17) is 16.7 Å². The molecule has 1 heterocycles. The van der Waals surface area contributed by atoms with E-state index < -0.39 is 0 Å². The first kappa shape index (κ1) is 8.50. The highest BCUT2D eigenvalue weighted by Crippen LogP contribution is 2.11. The maximum absolute atomic E-state index is 8.86. The van der Waals surface area contributed by atoms with Crippen LogP contribution >= 0.6 is 11.6 Å². The van der Waals surface area contributed by atoms with Gasteiger partial charge >= 0.3 is 0 Å². The number of nitrogens with zero attached hydrogens (tertiary/aromatic N) is 1. The number of halogens is 1. The fraction of sp³-hybridized carbons (Fsp3) is 0.375. The third kappa shape index (κ3) is 1.91. The van der Waals surface area contributed by atoms with E-state index in [1.807, 2.05) is 6.92 Å². The Kier molecular flexibility index (Phi) is 2.85. The molecular formula is C8H10ClNO. The Morgan fingerprint density at radius 1 is 1.55 bits per heavy atom. The van der Waals surface area contributed by atoms with Gasteiger partial charge in [0.25, 0.3) is 0 Å². The molecule has 0 aliphatic rings. The maximum atomic E-state index is 8.86. The molecular weight excluding hydrogens is 162 g/mol. The molecule has 0 saturated heterocycles. The maximum Gasteiger partial charge on any atom is 0.129 e. The van der Waals surface area contributed by atoms with Crippen LogP contribution in [0.4, 0.5) is 0 Å². The normalized spacial score (nSPS) is 10.1. The van der Waals surface area contributed by atoms with E-state index in [-0.39, 0.29) is 6.61 Å². The summed E-state index contributed by atoms with van der Waals surface area (Å²) in [5, 5.41) is 9.34. The third-order valence-corrected chi connectivity index (χ3v) is 1.75. The van der Waals surface area contributed by atoms with Gasteiger partial charge < -0.3 is 5.11 Å². The van der Waals surface area contributed by atoms with Crippen LogP contribution in [0.25, 0.3) is 0 Å². The predicted octanol–water partition coefficient (Wildman–Crippen LogP) is 1.79. The summed E-state index contributed by atoms with van der Waals surface area (Å²) in [5.74, 6) is 0. The largest absolute Gasteiger partial charge is 0.392 e.